The van der Waals surface area contributed by atoms with E-state index in [0.29, 0.717) is 45.3 Å². The van der Waals surface area contributed by atoms with Gasteiger partial charge >= 0.3 is 0 Å². The third-order valence-electron chi connectivity index (χ3n) is 5.17. The maximum atomic E-state index is 12.8. The molecule has 3 rings (SSSR count). The predicted molar refractivity (Wildman–Crippen MR) is 99.9 cm³/mol. The van der Waals surface area contributed by atoms with Crippen molar-refractivity contribution in [2.75, 3.05) is 39.3 Å². The number of sulfonamides is 2. The smallest absolute Gasteiger partial charge is 0.243 e. The quantitative estimate of drug-likeness (QED) is 0.741. The number of hydrogen-bond donors (Lipinski definition) is 0. The van der Waals surface area contributed by atoms with Crippen LogP contribution < -0.4 is 0 Å². The lowest BCUT2D eigenvalue weighted by Gasteiger charge is -2.36. The number of nitrogens with zero attached hydrogens (tertiary/aromatic N) is 3. The summed E-state index contributed by atoms with van der Waals surface area (Å²) in [4.78, 5) is 2.55. The Bertz CT molecular complexity index is 821. The van der Waals surface area contributed by atoms with Gasteiger partial charge in [0.25, 0.3) is 0 Å². The van der Waals surface area contributed by atoms with Gasteiger partial charge in [0.15, 0.2) is 0 Å². The molecule has 26 heavy (non-hydrogen) atoms. The van der Waals surface area contributed by atoms with Gasteiger partial charge in [-0.2, -0.15) is 8.61 Å². The zero-order valence-corrected chi connectivity index (χ0v) is 17.0. The first-order valence-electron chi connectivity index (χ1n) is 9.07. The molecule has 1 aromatic carbocycles. The highest BCUT2D eigenvalue weighted by molar-refractivity contribution is 7.89. The summed E-state index contributed by atoms with van der Waals surface area (Å²) in [6.45, 7) is 7.58. The fourth-order valence-corrected chi connectivity index (χ4v) is 6.41. The lowest BCUT2D eigenvalue weighted by Crippen LogP contribution is -2.50. The van der Waals surface area contributed by atoms with Gasteiger partial charge in [0.05, 0.1) is 9.79 Å². The first-order valence-corrected chi connectivity index (χ1v) is 12.0. The number of hydrogen-bond acceptors (Lipinski definition) is 5. The molecule has 2 heterocycles. The molecule has 146 valence electrons. The first kappa shape index (κ1) is 19.8. The molecule has 0 spiro atoms. The highest BCUT2D eigenvalue weighted by atomic mass is 32.2. The fraction of sp³-hybridized carbons (Fsp3) is 0.647. The van der Waals surface area contributed by atoms with Crippen molar-refractivity contribution in [1.29, 1.82) is 0 Å². The highest BCUT2D eigenvalue weighted by Gasteiger charge is 2.31. The zero-order valence-electron chi connectivity index (χ0n) is 15.3. The van der Waals surface area contributed by atoms with Crippen molar-refractivity contribution in [2.24, 2.45) is 0 Å². The second kappa shape index (κ2) is 7.55. The Labute approximate surface area is 156 Å². The fourth-order valence-electron chi connectivity index (χ4n) is 3.47. The predicted octanol–water partition coefficient (Wildman–Crippen LogP) is 1.19. The summed E-state index contributed by atoms with van der Waals surface area (Å²) in [5, 5.41) is 0. The van der Waals surface area contributed by atoms with E-state index in [1.165, 1.54) is 32.9 Å². The summed E-state index contributed by atoms with van der Waals surface area (Å²) in [6.07, 6.45) is 1.74. The van der Waals surface area contributed by atoms with E-state index >= 15 is 0 Å². The summed E-state index contributed by atoms with van der Waals surface area (Å²) in [6, 6.07) is 6.03. The van der Waals surface area contributed by atoms with Crippen LogP contribution in [-0.4, -0.2) is 75.7 Å². The minimum Gasteiger partial charge on any atom is -0.298 e. The average molecular weight is 402 g/mol. The van der Waals surface area contributed by atoms with Gasteiger partial charge < -0.3 is 0 Å². The third-order valence-corrected chi connectivity index (χ3v) is 8.99. The SMILES string of the molecule is CC(C)N1CCN(S(=O)(=O)c2ccc(S(=O)(=O)N3CCCC3)cc2)CC1. The molecule has 0 aromatic heterocycles. The number of benzene rings is 1. The summed E-state index contributed by atoms with van der Waals surface area (Å²) in [5.74, 6) is 0. The van der Waals surface area contributed by atoms with Crippen LogP contribution in [0, 0.1) is 0 Å². The van der Waals surface area contributed by atoms with E-state index in [2.05, 4.69) is 18.7 Å². The zero-order chi connectivity index (χ0) is 18.9. The molecule has 0 unspecified atom stereocenters. The average Bonchev–Trinajstić information content (AvgIpc) is 3.17. The summed E-state index contributed by atoms with van der Waals surface area (Å²) < 4.78 is 53.7. The Morgan fingerprint density at radius 1 is 0.692 bits per heavy atom. The molecule has 0 N–H and O–H groups in total. The molecule has 2 fully saturated rings. The summed E-state index contributed by atoms with van der Waals surface area (Å²) >= 11 is 0. The van der Waals surface area contributed by atoms with Gasteiger partial charge in [-0.1, -0.05) is 0 Å². The van der Waals surface area contributed by atoms with Crippen molar-refractivity contribution in [3.8, 4) is 0 Å². The number of piperazine rings is 1. The van der Waals surface area contributed by atoms with E-state index in [4.69, 9.17) is 0 Å². The maximum absolute atomic E-state index is 12.8. The molecule has 0 amide bonds. The Morgan fingerprint density at radius 2 is 1.08 bits per heavy atom. The molecule has 2 aliphatic rings. The van der Waals surface area contributed by atoms with Crippen molar-refractivity contribution >= 4 is 20.0 Å². The first-order chi connectivity index (χ1) is 12.2. The van der Waals surface area contributed by atoms with Crippen LogP contribution in [0.15, 0.2) is 34.1 Å². The van der Waals surface area contributed by atoms with E-state index in [9.17, 15) is 16.8 Å². The number of rotatable bonds is 5. The van der Waals surface area contributed by atoms with Gasteiger partial charge in [-0.3, -0.25) is 4.90 Å². The van der Waals surface area contributed by atoms with Gasteiger partial charge in [-0.15, -0.1) is 0 Å². The molecule has 0 radical (unpaired) electrons. The minimum atomic E-state index is -3.59. The second-order valence-electron chi connectivity index (χ2n) is 7.12. The molecule has 0 aliphatic carbocycles. The van der Waals surface area contributed by atoms with Crippen LogP contribution in [0.1, 0.15) is 26.7 Å². The van der Waals surface area contributed by atoms with E-state index < -0.39 is 20.0 Å². The normalized spacial score (nSPS) is 21.5. The maximum Gasteiger partial charge on any atom is 0.243 e. The molecular formula is C17H27N3O4S2. The summed E-state index contributed by atoms with van der Waals surface area (Å²) in [7, 11) is -7.12. The van der Waals surface area contributed by atoms with Gasteiger partial charge in [-0.05, 0) is 51.0 Å². The van der Waals surface area contributed by atoms with Gasteiger partial charge in [0.1, 0.15) is 0 Å². The standard InChI is InChI=1S/C17H27N3O4S2/c1-15(2)18-11-13-20(14-12-18)26(23,24)17-7-5-16(6-8-17)25(21,22)19-9-3-4-10-19/h5-8,15H,3-4,9-14H2,1-2H3. The van der Waals surface area contributed by atoms with Crippen LogP contribution in [0.25, 0.3) is 0 Å². The van der Waals surface area contributed by atoms with E-state index in [1.807, 2.05) is 0 Å². The molecular weight excluding hydrogens is 374 g/mol. The topological polar surface area (TPSA) is 78.0 Å². The van der Waals surface area contributed by atoms with Crippen LogP contribution in [0.2, 0.25) is 0 Å². The molecule has 7 nitrogen and oxygen atoms in total. The Morgan fingerprint density at radius 3 is 1.46 bits per heavy atom. The minimum absolute atomic E-state index is 0.149. The third kappa shape index (κ3) is 3.82. The van der Waals surface area contributed by atoms with Crippen molar-refractivity contribution in [3.05, 3.63) is 24.3 Å². The molecule has 2 aliphatic heterocycles. The largest absolute Gasteiger partial charge is 0.298 e. The second-order valence-corrected chi connectivity index (χ2v) is 11.0. The van der Waals surface area contributed by atoms with E-state index in [0.717, 1.165) is 12.8 Å². The van der Waals surface area contributed by atoms with Crippen molar-refractivity contribution in [2.45, 2.75) is 42.5 Å². The molecule has 0 atom stereocenters. The van der Waals surface area contributed by atoms with Crippen LogP contribution in [-0.2, 0) is 20.0 Å². The van der Waals surface area contributed by atoms with Crippen LogP contribution in [0.3, 0.4) is 0 Å². The molecule has 2 saturated heterocycles. The van der Waals surface area contributed by atoms with Crippen molar-refractivity contribution in [3.63, 3.8) is 0 Å². The van der Waals surface area contributed by atoms with Gasteiger partial charge in [0.2, 0.25) is 20.0 Å². The summed E-state index contributed by atoms with van der Waals surface area (Å²) in [5.41, 5.74) is 0. The van der Waals surface area contributed by atoms with E-state index in [-0.39, 0.29) is 9.79 Å². The van der Waals surface area contributed by atoms with Crippen LogP contribution in [0.4, 0.5) is 0 Å². The van der Waals surface area contributed by atoms with Gasteiger partial charge in [0, 0.05) is 45.3 Å². The lowest BCUT2D eigenvalue weighted by atomic mass is 10.3. The lowest BCUT2D eigenvalue weighted by molar-refractivity contribution is 0.154. The molecule has 0 bridgehead atoms. The Balaban J connectivity index is 1.75. The van der Waals surface area contributed by atoms with E-state index in [1.54, 1.807) is 0 Å². The Hall–Kier alpha value is -1.00. The van der Waals surface area contributed by atoms with Gasteiger partial charge in [-0.25, -0.2) is 16.8 Å². The Kier molecular flexibility index (Phi) is 5.74. The van der Waals surface area contributed by atoms with Crippen molar-refractivity contribution in [1.82, 2.24) is 13.5 Å². The van der Waals surface area contributed by atoms with Crippen LogP contribution >= 0.6 is 0 Å². The monoisotopic (exact) mass is 401 g/mol. The molecule has 9 heteroatoms. The highest BCUT2D eigenvalue weighted by Crippen LogP contribution is 2.24. The van der Waals surface area contributed by atoms with Crippen molar-refractivity contribution < 1.29 is 16.8 Å². The molecule has 0 saturated carbocycles. The molecule has 1 aromatic rings. The van der Waals surface area contributed by atoms with Crippen LogP contribution in [0.5, 0.6) is 0 Å².